The topological polar surface area (TPSA) is 63.8 Å². The van der Waals surface area contributed by atoms with E-state index in [2.05, 4.69) is 15.3 Å². The Morgan fingerprint density at radius 2 is 1.79 bits per heavy atom. The molecule has 3 aromatic rings. The first-order valence-electron chi connectivity index (χ1n) is 7.08. The van der Waals surface area contributed by atoms with Gasteiger partial charge in [-0.05, 0) is 42.0 Å². The van der Waals surface area contributed by atoms with Gasteiger partial charge < -0.3 is 11.1 Å². The number of anilines is 2. The van der Waals surface area contributed by atoms with Crippen LogP contribution in [0.4, 0.5) is 20.4 Å². The Morgan fingerprint density at radius 1 is 1.04 bits per heavy atom. The molecule has 0 saturated carbocycles. The summed E-state index contributed by atoms with van der Waals surface area (Å²) in [4.78, 5) is 8.36. The maximum absolute atomic E-state index is 13.2. The van der Waals surface area contributed by atoms with Crippen molar-refractivity contribution in [3.05, 3.63) is 70.9 Å². The average molecular weight is 347 g/mol. The fourth-order valence-electron chi connectivity index (χ4n) is 2.24. The fraction of sp³-hybridized carbons (Fsp3) is 0.0588. The summed E-state index contributed by atoms with van der Waals surface area (Å²) < 4.78 is 26.4. The third-order valence-electron chi connectivity index (χ3n) is 3.30. The summed E-state index contributed by atoms with van der Waals surface area (Å²) in [5.74, 6) is -0.360. The standard InChI is InChI=1S/C17H13ClF2N4/c18-14-1-2-16(23-9-10-5-12(19)8-13(20)6-10)24-17(14)11-3-4-22-15(21)7-11/h1-8H,9H2,(H2,21,22)(H,23,24). The lowest BCUT2D eigenvalue weighted by molar-refractivity contribution is 0.580. The first kappa shape index (κ1) is 16.1. The van der Waals surface area contributed by atoms with Crippen molar-refractivity contribution in [1.82, 2.24) is 9.97 Å². The van der Waals surface area contributed by atoms with Crippen molar-refractivity contribution in [1.29, 1.82) is 0 Å². The normalized spacial score (nSPS) is 10.6. The smallest absolute Gasteiger partial charge is 0.127 e. The van der Waals surface area contributed by atoms with Gasteiger partial charge in [-0.15, -0.1) is 0 Å². The van der Waals surface area contributed by atoms with E-state index in [0.29, 0.717) is 27.9 Å². The van der Waals surface area contributed by atoms with E-state index in [9.17, 15) is 8.78 Å². The first-order chi connectivity index (χ1) is 11.5. The molecular formula is C17H13ClF2N4. The Bertz CT molecular complexity index is 866. The van der Waals surface area contributed by atoms with Crippen molar-refractivity contribution in [3.63, 3.8) is 0 Å². The molecule has 1 aromatic carbocycles. The summed E-state index contributed by atoms with van der Waals surface area (Å²) in [7, 11) is 0. The minimum absolute atomic E-state index is 0.223. The largest absolute Gasteiger partial charge is 0.384 e. The summed E-state index contributed by atoms with van der Waals surface area (Å²) in [6, 6.07) is 10.1. The number of hydrogen-bond acceptors (Lipinski definition) is 4. The van der Waals surface area contributed by atoms with Crippen LogP contribution in [-0.2, 0) is 6.54 Å². The highest BCUT2D eigenvalue weighted by atomic mass is 35.5. The summed E-state index contributed by atoms with van der Waals surface area (Å²) in [6.07, 6.45) is 1.57. The van der Waals surface area contributed by atoms with Gasteiger partial charge in [0.15, 0.2) is 0 Å². The van der Waals surface area contributed by atoms with Crippen LogP contribution >= 0.6 is 11.6 Å². The molecule has 0 fully saturated rings. The monoisotopic (exact) mass is 346 g/mol. The minimum atomic E-state index is -0.621. The molecule has 0 bridgehead atoms. The molecule has 0 aliphatic heterocycles. The van der Waals surface area contributed by atoms with Crippen LogP contribution in [0.25, 0.3) is 11.3 Å². The van der Waals surface area contributed by atoms with Crippen molar-refractivity contribution in [2.45, 2.75) is 6.54 Å². The summed E-state index contributed by atoms with van der Waals surface area (Å²) in [5.41, 5.74) is 7.42. The predicted octanol–water partition coefficient (Wildman–Crippen LogP) is 4.27. The molecule has 3 N–H and O–H groups in total. The van der Waals surface area contributed by atoms with Gasteiger partial charge in [0.05, 0.1) is 10.7 Å². The molecular weight excluding hydrogens is 334 g/mol. The van der Waals surface area contributed by atoms with Gasteiger partial charge in [-0.3, -0.25) is 0 Å². The molecule has 0 radical (unpaired) electrons. The van der Waals surface area contributed by atoms with Gasteiger partial charge in [-0.2, -0.15) is 0 Å². The number of halogens is 3. The third kappa shape index (κ3) is 3.78. The van der Waals surface area contributed by atoms with Crippen molar-refractivity contribution in [3.8, 4) is 11.3 Å². The van der Waals surface area contributed by atoms with Gasteiger partial charge in [0.2, 0.25) is 0 Å². The molecule has 3 rings (SSSR count). The maximum atomic E-state index is 13.2. The van der Waals surface area contributed by atoms with Crippen LogP contribution in [0.3, 0.4) is 0 Å². The minimum Gasteiger partial charge on any atom is -0.384 e. The van der Waals surface area contributed by atoms with Crippen molar-refractivity contribution < 1.29 is 8.78 Å². The molecule has 7 heteroatoms. The van der Waals surface area contributed by atoms with E-state index in [0.717, 1.165) is 11.6 Å². The quantitative estimate of drug-likeness (QED) is 0.740. The van der Waals surface area contributed by atoms with Gasteiger partial charge in [0.1, 0.15) is 23.3 Å². The van der Waals surface area contributed by atoms with Gasteiger partial charge in [0, 0.05) is 24.4 Å². The highest BCUT2D eigenvalue weighted by Crippen LogP contribution is 2.28. The molecule has 2 aromatic heterocycles. The van der Waals surface area contributed by atoms with E-state index in [1.807, 2.05) is 0 Å². The van der Waals surface area contributed by atoms with Gasteiger partial charge in [-0.25, -0.2) is 18.7 Å². The van der Waals surface area contributed by atoms with E-state index in [4.69, 9.17) is 17.3 Å². The SMILES string of the molecule is Nc1cc(-c2nc(NCc3cc(F)cc(F)c3)ccc2Cl)ccn1. The van der Waals surface area contributed by atoms with Crippen molar-refractivity contribution in [2.75, 3.05) is 11.1 Å². The second-order valence-corrected chi connectivity index (χ2v) is 5.53. The van der Waals surface area contributed by atoms with Crippen molar-refractivity contribution in [2.24, 2.45) is 0 Å². The van der Waals surface area contributed by atoms with E-state index >= 15 is 0 Å². The number of hydrogen-bond donors (Lipinski definition) is 2. The van der Waals surface area contributed by atoms with E-state index < -0.39 is 11.6 Å². The molecule has 0 aliphatic carbocycles. The molecule has 0 aliphatic rings. The molecule has 24 heavy (non-hydrogen) atoms. The molecule has 2 heterocycles. The van der Waals surface area contributed by atoms with Crippen LogP contribution in [0.15, 0.2) is 48.7 Å². The molecule has 0 unspecified atom stereocenters. The van der Waals surface area contributed by atoms with Crippen LogP contribution in [0, 0.1) is 11.6 Å². The van der Waals surface area contributed by atoms with Crippen LogP contribution in [-0.4, -0.2) is 9.97 Å². The second-order valence-electron chi connectivity index (χ2n) is 5.13. The van der Waals surface area contributed by atoms with E-state index in [-0.39, 0.29) is 6.54 Å². The summed E-state index contributed by atoms with van der Waals surface area (Å²) in [5, 5.41) is 3.48. The van der Waals surface area contributed by atoms with Crippen LogP contribution in [0.5, 0.6) is 0 Å². The number of nitrogen functional groups attached to an aromatic ring is 1. The lowest BCUT2D eigenvalue weighted by Gasteiger charge is -2.10. The third-order valence-corrected chi connectivity index (χ3v) is 3.60. The highest BCUT2D eigenvalue weighted by Gasteiger charge is 2.08. The van der Waals surface area contributed by atoms with E-state index in [1.165, 1.54) is 12.1 Å². The van der Waals surface area contributed by atoms with Gasteiger partial charge in [-0.1, -0.05) is 11.6 Å². The van der Waals surface area contributed by atoms with Gasteiger partial charge in [0.25, 0.3) is 0 Å². The Morgan fingerprint density at radius 3 is 2.50 bits per heavy atom. The highest BCUT2D eigenvalue weighted by molar-refractivity contribution is 6.33. The van der Waals surface area contributed by atoms with Gasteiger partial charge >= 0.3 is 0 Å². The Hall–Kier alpha value is -2.73. The molecule has 0 spiro atoms. The molecule has 4 nitrogen and oxygen atoms in total. The lowest BCUT2D eigenvalue weighted by atomic mass is 10.1. The molecule has 0 amide bonds. The molecule has 0 saturated heterocycles. The number of nitrogens with zero attached hydrogens (tertiary/aromatic N) is 2. The number of aromatic nitrogens is 2. The van der Waals surface area contributed by atoms with Crippen LogP contribution in [0.1, 0.15) is 5.56 Å². The Kier molecular flexibility index (Phi) is 4.57. The fourth-order valence-corrected chi connectivity index (χ4v) is 2.46. The Balaban J connectivity index is 1.83. The van der Waals surface area contributed by atoms with Crippen molar-refractivity contribution >= 4 is 23.2 Å². The zero-order chi connectivity index (χ0) is 17.1. The predicted molar refractivity (Wildman–Crippen MR) is 90.6 cm³/mol. The number of nitrogens with two attached hydrogens (primary N) is 1. The summed E-state index contributed by atoms with van der Waals surface area (Å²) in [6.45, 7) is 0.223. The molecule has 122 valence electrons. The zero-order valence-electron chi connectivity index (χ0n) is 12.4. The number of nitrogens with one attached hydrogen (secondary N) is 1. The lowest BCUT2D eigenvalue weighted by Crippen LogP contribution is -2.03. The number of rotatable bonds is 4. The second kappa shape index (κ2) is 6.80. The Labute approximate surface area is 142 Å². The van der Waals surface area contributed by atoms with E-state index in [1.54, 1.807) is 30.5 Å². The maximum Gasteiger partial charge on any atom is 0.127 e. The van der Waals surface area contributed by atoms with Crippen LogP contribution in [0.2, 0.25) is 5.02 Å². The number of benzene rings is 1. The summed E-state index contributed by atoms with van der Waals surface area (Å²) >= 11 is 6.19. The average Bonchev–Trinajstić information content (AvgIpc) is 2.53. The zero-order valence-corrected chi connectivity index (χ0v) is 13.2. The van der Waals surface area contributed by atoms with Crippen LogP contribution < -0.4 is 11.1 Å². The first-order valence-corrected chi connectivity index (χ1v) is 7.46. The molecule has 0 atom stereocenters. The number of pyridine rings is 2.